The van der Waals surface area contributed by atoms with Crippen molar-refractivity contribution in [3.63, 3.8) is 0 Å². The normalized spacial score (nSPS) is 12.6. The number of benzene rings is 4. The zero-order chi connectivity index (χ0) is 38.1. The number of aromatic nitrogens is 2. The van der Waals surface area contributed by atoms with Gasteiger partial charge in [0.2, 0.25) is 0 Å². The number of aryl methyl sites for hydroxylation is 2. The van der Waals surface area contributed by atoms with Gasteiger partial charge in [0.1, 0.15) is 0 Å². The molecule has 0 saturated heterocycles. The molecule has 4 aromatic carbocycles. The Bertz CT molecular complexity index is 2570. The molecule has 4 aromatic heterocycles. The molecule has 2 atom stereocenters. The molecule has 0 aliphatic carbocycles. The summed E-state index contributed by atoms with van der Waals surface area (Å²) in [6.45, 7) is 7.93. The number of thiazole rings is 2. The smallest absolute Gasteiger partial charge is 0.0525 e. The Morgan fingerprint density at radius 2 is 1.00 bits per heavy atom. The first-order valence-corrected chi connectivity index (χ1v) is 21.0. The molecule has 276 valence electrons. The maximum atomic E-state index is 13.0. The number of nitrogens with zero attached hydrogens (tertiary/aromatic N) is 2. The first-order valence-electron chi connectivity index (χ1n) is 17.6. The maximum Gasteiger partial charge on any atom is -0.0525 e. The van der Waals surface area contributed by atoms with Crippen LogP contribution in [0.1, 0.15) is 48.2 Å². The average molecular weight is 832 g/mol. The molecule has 10 nitrogen and oxygen atoms in total. The van der Waals surface area contributed by atoms with Crippen molar-refractivity contribution in [2.24, 2.45) is 0 Å². The molecule has 0 aliphatic rings. The third kappa shape index (κ3) is 8.32. The van der Waals surface area contributed by atoms with Crippen LogP contribution in [0.5, 0.6) is 0 Å². The largest absolute Gasteiger partial charge is 0.0587 e. The fourth-order valence-electron chi connectivity index (χ4n) is 5.97. The second-order valence-electron chi connectivity index (χ2n) is 13.3. The van der Waals surface area contributed by atoms with Gasteiger partial charge in [-0.25, -0.2) is 0 Å². The van der Waals surface area contributed by atoms with Crippen LogP contribution >= 0.6 is 22.7 Å². The molecule has 0 amide bonds. The SMILES string of the molecule is Cc1ccc(-c2csc(NNC(C)c3cc4cc([Se]c5ccc6oc(=O)c(C(C)NNc7nc(-c8ccc(C)cc8)cs7)cc6c5)ccc4oc3=O)n2)cc1. The summed E-state index contributed by atoms with van der Waals surface area (Å²) in [5.74, 6) is 0. The molecule has 0 saturated carbocycles. The molecule has 4 N–H and O–H groups in total. The molecule has 8 rings (SSSR count). The number of fused-ring (bicyclic) bond motifs is 2. The van der Waals surface area contributed by atoms with Crippen molar-refractivity contribution in [3.05, 3.63) is 151 Å². The number of rotatable bonds is 12. The molecular weight excluding hydrogens is 796 g/mol. The number of anilines is 2. The van der Waals surface area contributed by atoms with E-state index < -0.39 is 11.3 Å². The van der Waals surface area contributed by atoms with E-state index in [1.165, 1.54) is 33.8 Å². The molecule has 13 heteroatoms. The number of hydrazine groups is 2. The minimum atomic E-state index is -0.392. The maximum absolute atomic E-state index is 13.0. The molecule has 0 radical (unpaired) electrons. The van der Waals surface area contributed by atoms with Crippen LogP contribution in [0.2, 0.25) is 0 Å². The summed E-state index contributed by atoms with van der Waals surface area (Å²) in [5, 5.41) is 7.08. The molecule has 55 heavy (non-hydrogen) atoms. The van der Waals surface area contributed by atoms with Crippen LogP contribution in [0.4, 0.5) is 10.3 Å². The second-order valence-corrected chi connectivity index (χ2v) is 17.4. The van der Waals surface area contributed by atoms with E-state index in [0.29, 0.717) is 32.6 Å². The molecule has 0 aliphatic heterocycles. The minimum Gasteiger partial charge on any atom is -0.0587 e. The summed E-state index contributed by atoms with van der Waals surface area (Å²) in [6.07, 6.45) is 0. The van der Waals surface area contributed by atoms with Crippen molar-refractivity contribution in [3.8, 4) is 22.5 Å². The van der Waals surface area contributed by atoms with Crippen LogP contribution in [0.15, 0.2) is 126 Å². The van der Waals surface area contributed by atoms with Gasteiger partial charge in [-0.2, -0.15) is 0 Å². The average Bonchev–Trinajstić information content (AvgIpc) is 3.87. The Kier molecular flexibility index (Phi) is 10.5. The Morgan fingerprint density at radius 1 is 0.582 bits per heavy atom. The third-order valence-corrected chi connectivity index (χ3v) is 12.7. The van der Waals surface area contributed by atoms with Crippen LogP contribution < -0.4 is 41.9 Å². The fraction of sp³-hybridized carbons (Fsp3) is 0.143. The van der Waals surface area contributed by atoms with Gasteiger partial charge in [0.05, 0.1) is 0 Å². The molecule has 0 bridgehead atoms. The molecule has 8 aromatic rings. The fourth-order valence-corrected chi connectivity index (χ4v) is 9.26. The van der Waals surface area contributed by atoms with Crippen molar-refractivity contribution in [1.82, 2.24) is 20.8 Å². The summed E-state index contributed by atoms with van der Waals surface area (Å²) >= 11 is 2.90. The van der Waals surface area contributed by atoms with Gasteiger partial charge < -0.3 is 0 Å². The van der Waals surface area contributed by atoms with Gasteiger partial charge in [-0.1, -0.05) is 59.7 Å². The van der Waals surface area contributed by atoms with Gasteiger partial charge in [0.15, 0.2) is 0 Å². The quantitative estimate of drug-likeness (QED) is 0.0550. The van der Waals surface area contributed by atoms with Gasteiger partial charge >= 0.3 is 259 Å². The monoisotopic (exact) mass is 832 g/mol. The van der Waals surface area contributed by atoms with Crippen LogP contribution in [0, 0.1) is 13.8 Å². The van der Waals surface area contributed by atoms with E-state index in [1.54, 1.807) is 0 Å². The van der Waals surface area contributed by atoms with Gasteiger partial charge in [-0.15, -0.1) is 0 Å². The van der Waals surface area contributed by atoms with Crippen LogP contribution in [0.25, 0.3) is 44.5 Å². The summed E-state index contributed by atoms with van der Waals surface area (Å²) < 4.78 is 13.7. The van der Waals surface area contributed by atoms with E-state index >= 15 is 0 Å². The van der Waals surface area contributed by atoms with E-state index in [-0.39, 0.29) is 27.0 Å². The minimum absolute atomic E-state index is 0.0776. The Morgan fingerprint density at radius 3 is 1.42 bits per heavy atom. The molecule has 0 spiro atoms. The van der Waals surface area contributed by atoms with E-state index in [1.807, 2.05) is 61.0 Å². The first-order chi connectivity index (χ1) is 26.6. The number of nitrogens with one attached hydrogen (secondary N) is 4. The molecule has 4 heterocycles. The first kappa shape index (κ1) is 36.6. The molecular formula is C42H36N6O4S2Se. The third-order valence-electron chi connectivity index (χ3n) is 9.12. The van der Waals surface area contributed by atoms with Crippen molar-refractivity contribution in [1.29, 1.82) is 0 Å². The number of hydrogen-bond acceptors (Lipinski definition) is 12. The van der Waals surface area contributed by atoms with Crippen LogP contribution in [-0.2, 0) is 0 Å². The van der Waals surface area contributed by atoms with Crippen molar-refractivity contribution in [2.45, 2.75) is 39.8 Å². The predicted octanol–water partition coefficient (Wildman–Crippen LogP) is 7.77. The topological polar surface area (TPSA) is 134 Å². The number of hydrogen-bond donors (Lipinski definition) is 4. The van der Waals surface area contributed by atoms with Gasteiger partial charge in [-0.05, 0) is 13.8 Å². The summed E-state index contributed by atoms with van der Waals surface area (Å²) in [6, 6.07) is 31.4. The van der Waals surface area contributed by atoms with Gasteiger partial charge in [-0.3, -0.25) is 0 Å². The molecule has 2 unspecified atom stereocenters. The summed E-state index contributed by atoms with van der Waals surface area (Å²) in [4.78, 5) is 35.4. The van der Waals surface area contributed by atoms with E-state index in [9.17, 15) is 9.59 Å². The Labute approximate surface area is 330 Å². The standard InChI is InChI=1S/C42H36N6O4S2Se/c1-23-5-9-27(10-6-23)35-21-53-41(43-35)47-45-25(3)33-19-29-17-31(13-15-37(29)51-39(33)49)55-32-14-16-38-30(18-32)20-34(40(50)52-38)26(4)46-48-42-44-36(22-54-42)28-11-7-24(2)8-12-28/h5-22,25-26,45-46H,1-4H3,(H,43,47)(H,44,48). The zero-order valence-corrected chi connectivity index (χ0v) is 33.6. The van der Waals surface area contributed by atoms with E-state index in [2.05, 4.69) is 106 Å². The van der Waals surface area contributed by atoms with Gasteiger partial charge in [0.25, 0.3) is 0 Å². The summed E-state index contributed by atoms with van der Waals surface area (Å²) in [7, 11) is 0. The van der Waals surface area contributed by atoms with Gasteiger partial charge in [0, 0.05) is 0 Å². The predicted molar refractivity (Wildman–Crippen MR) is 225 cm³/mol. The second kappa shape index (κ2) is 15.8. The zero-order valence-electron chi connectivity index (χ0n) is 30.3. The molecule has 0 fully saturated rings. The van der Waals surface area contributed by atoms with Crippen molar-refractivity contribution < 1.29 is 8.83 Å². The Balaban J connectivity index is 0.941. The van der Waals surface area contributed by atoms with Crippen molar-refractivity contribution in [2.75, 3.05) is 10.9 Å². The van der Waals surface area contributed by atoms with Crippen LogP contribution in [0.3, 0.4) is 0 Å². The Hall–Kier alpha value is -5.40. The van der Waals surface area contributed by atoms with Crippen molar-refractivity contribution >= 4 is 78.8 Å². The van der Waals surface area contributed by atoms with Crippen LogP contribution in [-0.4, -0.2) is 24.9 Å². The van der Waals surface area contributed by atoms with E-state index in [0.717, 1.165) is 42.2 Å². The van der Waals surface area contributed by atoms with E-state index in [4.69, 9.17) is 8.83 Å². The summed E-state index contributed by atoms with van der Waals surface area (Å²) in [5.41, 5.74) is 20.3.